The molecule has 0 saturated heterocycles. The lowest BCUT2D eigenvalue weighted by molar-refractivity contribution is 0.0950. The van der Waals surface area contributed by atoms with Crippen LogP contribution in [0.4, 0.5) is 5.82 Å². The van der Waals surface area contributed by atoms with Crippen LogP contribution in [-0.4, -0.2) is 36.1 Å². The molecule has 0 spiro atoms. The fourth-order valence-corrected chi connectivity index (χ4v) is 2.87. The summed E-state index contributed by atoms with van der Waals surface area (Å²) in [6.07, 6.45) is 8.23. The molecule has 3 rings (SSSR count). The van der Waals surface area contributed by atoms with E-state index >= 15 is 0 Å². The first-order chi connectivity index (χ1) is 12.1. The maximum Gasteiger partial charge on any atom is 0.253 e. The fourth-order valence-electron chi connectivity index (χ4n) is 2.87. The van der Waals surface area contributed by atoms with Crippen molar-refractivity contribution >= 4 is 11.7 Å². The Labute approximate surface area is 148 Å². The second kappa shape index (κ2) is 7.96. The SMILES string of the molecule is CN(C)c1ccc(C(=O)NCc2ccnc(OC3CCCC3)c2)cn1. The summed E-state index contributed by atoms with van der Waals surface area (Å²) < 4.78 is 5.90. The number of hydrogen-bond acceptors (Lipinski definition) is 5. The van der Waals surface area contributed by atoms with Gasteiger partial charge in [-0.25, -0.2) is 9.97 Å². The van der Waals surface area contributed by atoms with Crippen LogP contribution in [0.5, 0.6) is 5.88 Å². The third kappa shape index (κ3) is 4.68. The molecule has 1 fully saturated rings. The first-order valence-corrected chi connectivity index (χ1v) is 8.65. The lowest BCUT2D eigenvalue weighted by atomic mass is 10.2. The fraction of sp³-hybridized carbons (Fsp3) is 0.421. The molecule has 6 nitrogen and oxygen atoms in total. The Hall–Kier alpha value is -2.63. The molecular formula is C19H24N4O2. The Balaban J connectivity index is 1.56. The molecule has 0 aromatic carbocycles. The van der Waals surface area contributed by atoms with Gasteiger partial charge in [0.2, 0.25) is 5.88 Å². The van der Waals surface area contributed by atoms with Crippen molar-refractivity contribution in [1.82, 2.24) is 15.3 Å². The van der Waals surface area contributed by atoms with Crippen LogP contribution in [0.25, 0.3) is 0 Å². The second-order valence-corrected chi connectivity index (χ2v) is 6.51. The van der Waals surface area contributed by atoms with Crippen LogP contribution in [0, 0.1) is 0 Å². The number of amides is 1. The largest absolute Gasteiger partial charge is 0.474 e. The maximum absolute atomic E-state index is 12.3. The lowest BCUT2D eigenvalue weighted by Gasteiger charge is -2.13. The van der Waals surface area contributed by atoms with E-state index < -0.39 is 0 Å². The van der Waals surface area contributed by atoms with Gasteiger partial charge in [-0.05, 0) is 49.4 Å². The Bertz CT molecular complexity index is 710. The third-order valence-corrected chi connectivity index (χ3v) is 4.31. The summed E-state index contributed by atoms with van der Waals surface area (Å²) in [6, 6.07) is 7.38. The second-order valence-electron chi connectivity index (χ2n) is 6.51. The molecular weight excluding hydrogens is 316 g/mol. The molecule has 132 valence electrons. The summed E-state index contributed by atoms with van der Waals surface area (Å²) in [4.78, 5) is 22.7. The molecule has 0 atom stereocenters. The number of carbonyl (C=O) groups is 1. The van der Waals surface area contributed by atoms with Crippen molar-refractivity contribution in [2.24, 2.45) is 0 Å². The first kappa shape index (κ1) is 17.2. The van der Waals surface area contributed by atoms with Crippen molar-refractivity contribution in [3.63, 3.8) is 0 Å². The number of nitrogens with one attached hydrogen (secondary N) is 1. The summed E-state index contributed by atoms with van der Waals surface area (Å²) >= 11 is 0. The molecule has 2 heterocycles. The van der Waals surface area contributed by atoms with E-state index in [1.165, 1.54) is 12.8 Å². The van der Waals surface area contributed by atoms with Crippen LogP contribution in [0.2, 0.25) is 0 Å². The third-order valence-electron chi connectivity index (χ3n) is 4.31. The highest BCUT2D eigenvalue weighted by molar-refractivity contribution is 5.94. The Kier molecular flexibility index (Phi) is 5.48. The summed E-state index contributed by atoms with van der Waals surface area (Å²) in [5.74, 6) is 1.31. The van der Waals surface area contributed by atoms with E-state index in [2.05, 4.69) is 15.3 Å². The van der Waals surface area contributed by atoms with Crippen LogP contribution in [0.1, 0.15) is 41.6 Å². The normalized spacial score (nSPS) is 14.3. The molecule has 1 amide bonds. The van der Waals surface area contributed by atoms with Gasteiger partial charge < -0.3 is 15.0 Å². The number of nitrogens with zero attached hydrogens (tertiary/aromatic N) is 3. The number of hydrogen-bond donors (Lipinski definition) is 1. The van der Waals surface area contributed by atoms with Crippen molar-refractivity contribution in [3.05, 3.63) is 47.8 Å². The highest BCUT2D eigenvalue weighted by Gasteiger charge is 2.17. The molecule has 0 unspecified atom stereocenters. The maximum atomic E-state index is 12.3. The molecule has 0 aliphatic heterocycles. The van der Waals surface area contributed by atoms with Crippen LogP contribution >= 0.6 is 0 Å². The minimum Gasteiger partial charge on any atom is -0.474 e. The molecule has 1 N–H and O–H groups in total. The Morgan fingerprint density at radius 3 is 2.72 bits per heavy atom. The van der Waals surface area contributed by atoms with E-state index in [4.69, 9.17) is 4.74 Å². The van der Waals surface area contributed by atoms with E-state index in [1.54, 1.807) is 18.5 Å². The highest BCUT2D eigenvalue weighted by atomic mass is 16.5. The predicted molar refractivity (Wildman–Crippen MR) is 96.9 cm³/mol. The van der Waals surface area contributed by atoms with Gasteiger partial charge in [0.05, 0.1) is 5.56 Å². The average molecular weight is 340 g/mol. The van der Waals surface area contributed by atoms with Gasteiger partial charge in [0.25, 0.3) is 5.91 Å². The lowest BCUT2D eigenvalue weighted by Crippen LogP contribution is -2.23. The van der Waals surface area contributed by atoms with Crippen molar-refractivity contribution in [1.29, 1.82) is 0 Å². The number of anilines is 1. The van der Waals surface area contributed by atoms with Gasteiger partial charge in [-0.15, -0.1) is 0 Å². The van der Waals surface area contributed by atoms with Crippen molar-refractivity contribution in [3.8, 4) is 5.88 Å². The van der Waals surface area contributed by atoms with Gasteiger partial charge in [0, 0.05) is 39.1 Å². The summed E-state index contributed by atoms with van der Waals surface area (Å²) in [5.41, 5.74) is 1.51. The summed E-state index contributed by atoms with van der Waals surface area (Å²) in [7, 11) is 3.83. The van der Waals surface area contributed by atoms with Crippen molar-refractivity contribution in [2.45, 2.75) is 38.3 Å². The first-order valence-electron chi connectivity index (χ1n) is 8.65. The highest BCUT2D eigenvalue weighted by Crippen LogP contribution is 2.23. The van der Waals surface area contributed by atoms with Crippen LogP contribution in [-0.2, 0) is 6.54 Å². The van der Waals surface area contributed by atoms with Crippen molar-refractivity contribution < 1.29 is 9.53 Å². The zero-order valence-corrected chi connectivity index (χ0v) is 14.7. The van der Waals surface area contributed by atoms with Gasteiger partial charge in [0.1, 0.15) is 11.9 Å². The number of carbonyl (C=O) groups excluding carboxylic acids is 1. The van der Waals surface area contributed by atoms with Crippen LogP contribution in [0.3, 0.4) is 0 Å². The van der Waals surface area contributed by atoms with E-state index in [0.717, 1.165) is 24.2 Å². The smallest absolute Gasteiger partial charge is 0.253 e. The predicted octanol–water partition coefficient (Wildman–Crippen LogP) is 2.79. The molecule has 0 bridgehead atoms. The van der Waals surface area contributed by atoms with Gasteiger partial charge in [-0.2, -0.15) is 0 Å². The summed E-state index contributed by atoms with van der Waals surface area (Å²) in [5, 5.41) is 2.91. The number of pyridine rings is 2. The van der Waals surface area contributed by atoms with Gasteiger partial charge >= 0.3 is 0 Å². The van der Waals surface area contributed by atoms with Gasteiger partial charge in [-0.1, -0.05) is 0 Å². The van der Waals surface area contributed by atoms with E-state index in [9.17, 15) is 4.79 Å². The monoisotopic (exact) mass is 340 g/mol. The Morgan fingerprint density at radius 1 is 1.24 bits per heavy atom. The summed E-state index contributed by atoms with van der Waals surface area (Å²) in [6.45, 7) is 0.428. The molecule has 0 radical (unpaired) electrons. The number of aromatic nitrogens is 2. The average Bonchev–Trinajstić information content (AvgIpc) is 3.13. The standard InChI is InChI=1S/C19H24N4O2/c1-23(2)17-8-7-15(13-21-17)19(24)22-12-14-9-10-20-18(11-14)25-16-5-3-4-6-16/h7-11,13,16H,3-6,12H2,1-2H3,(H,22,24). The zero-order chi connectivity index (χ0) is 17.6. The van der Waals surface area contributed by atoms with E-state index in [1.807, 2.05) is 37.2 Å². The minimum atomic E-state index is -0.145. The molecule has 1 aliphatic carbocycles. The van der Waals surface area contributed by atoms with Gasteiger partial charge in [0.15, 0.2) is 0 Å². The quantitative estimate of drug-likeness (QED) is 0.876. The topological polar surface area (TPSA) is 67.4 Å². The van der Waals surface area contributed by atoms with Gasteiger partial charge in [-0.3, -0.25) is 4.79 Å². The Morgan fingerprint density at radius 2 is 2.04 bits per heavy atom. The number of rotatable bonds is 6. The van der Waals surface area contributed by atoms with Crippen LogP contribution in [0.15, 0.2) is 36.7 Å². The molecule has 2 aromatic heterocycles. The van der Waals surface area contributed by atoms with E-state index in [0.29, 0.717) is 18.0 Å². The van der Waals surface area contributed by atoms with E-state index in [-0.39, 0.29) is 12.0 Å². The minimum absolute atomic E-state index is 0.145. The number of ether oxygens (including phenoxy) is 1. The molecule has 2 aromatic rings. The molecule has 6 heteroatoms. The van der Waals surface area contributed by atoms with Crippen molar-refractivity contribution in [2.75, 3.05) is 19.0 Å². The zero-order valence-electron chi connectivity index (χ0n) is 14.7. The molecule has 1 saturated carbocycles. The molecule has 1 aliphatic rings. The van der Waals surface area contributed by atoms with Crippen LogP contribution < -0.4 is 15.0 Å². The molecule has 25 heavy (non-hydrogen) atoms.